The molecule has 1 N–H and O–H groups in total. The van der Waals surface area contributed by atoms with Gasteiger partial charge in [0.2, 0.25) is 5.91 Å². The molecule has 4 nitrogen and oxygen atoms in total. The van der Waals surface area contributed by atoms with Crippen LogP contribution in [0.1, 0.15) is 74.4 Å². The molecule has 3 aromatic rings. The number of amides is 1. The van der Waals surface area contributed by atoms with Crippen molar-refractivity contribution in [3.63, 3.8) is 0 Å². The summed E-state index contributed by atoms with van der Waals surface area (Å²) in [6, 6.07) is 9.73. The summed E-state index contributed by atoms with van der Waals surface area (Å²) in [6.07, 6.45) is 13.3. The first-order chi connectivity index (χ1) is 17.0. The lowest BCUT2D eigenvalue weighted by Gasteiger charge is -2.13. The summed E-state index contributed by atoms with van der Waals surface area (Å²) in [5.74, 6) is 0.256. The molecule has 1 fully saturated rings. The Morgan fingerprint density at radius 1 is 1.17 bits per heavy atom. The van der Waals surface area contributed by atoms with Gasteiger partial charge in [-0.2, -0.15) is 5.10 Å². The Hall–Kier alpha value is -2.08. The van der Waals surface area contributed by atoms with Crippen LogP contribution in [0.25, 0.3) is 22.3 Å². The van der Waals surface area contributed by atoms with E-state index in [1.54, 1.807) is 17.4 Å². The second-order valence-electron chi connectivity index (χ2n) is 9.23. The average Bonchev–Trinajstić information content (AvgIpc) is 3.30. The zero-order valence-electron chi connectivity index (χ0n) is 20.4. The van der Waals surface area contributed by atoms with E-state index in [1.807, 2.05) is 16.8 Å². The van der Waals surface area contributed by atoms with Crippen molar-refractivity contribution < 1.29 is 4.79 Å². The lowest BCUT2D eigenvalue weighted by molar-refractivity contribution is -0.125. The highest BCUT2D eigenvalue weighted by atomic mass is 35.5. The maximum absolute atomic E-state index is 12.9. The monoisotopic (exact) mass is 529 g/mol. The molecule has 1 saturated carbocycles. The molecule has 0 atom stereocenters. The van der Waals surface area contributed by atoms with Crippen LogP contribution in [0.15, 0.2) is 36.4 Å². The van der Waals surface area contributed by atoms with Gasteiger partial charge in [-0.15, -0.1) is 11.3 Å². The van der Waals surface area contributed by atoms with Crippen LogP contribution >= 0.6 is 34.5 Å². The SMILES string of the molecule is CCC/C=C/c1ccc(-c2c(C)c(CNC(=O)C3CCCCCC3)nn2-c2ccc(Cl)cc2Cl)s1. The zero-order valence-corrected chi connectivity index (χ0v) is 22.8. The molecule has 0 aliphatic heterocycles. The van der Waals surface area contributed by atoms with Gasteiger partial charge in [0.1, 0.15) is 0 Å². The third kappa shape index (κ3) is 6.38. The van der Waals surface area contributed by atoms with Crippen LogP contribution in [0.3, 0.4) is 0 Å². The van der Waals surface area contributed by atoms with Crippen LogP contribution in [-0.2, 0) is 11.3 Å². The molecule has 35 heavy (non-hydrogen) atoms. The lowest BCUT2D eigenvalue weighted by Crippen LogP contribution is -2.30. The molecule has 0 saturated heterocycles. The van der Waals surface area contributed by atoms with Crippen LogP contribution < -0.4 is 5.32 Å². The number of nitrogens with one attached hydrogen (secondary N) is 1. The number of rotatable bonds is 8. The predicted molar refractivity (Wildman–Crippen MR) is 149 cm³/mol. The summed E-state index contributed by atoms with van der Waals surface area (Å²) in [4.78, 5) is 15.2. The van der Waals surface area contributed by atoms with Crippen molar-refractivity contribution >= 4 is 46.5 Å². The number of allylic oxidation sites excluding steroid dienone is 1. The van der Waals surface area contributed by atoms with Gasteiger partial charge in [0.25, 0.3) is 0 Å². The topological polar surface area (TPSA) is 46.9 Å². The lowest BCUT2D eigenvalue weighted by atomic mass is 9.99. The molecule has 0 spiro atoms. The van der Waals surface area contributed by atoms with Crippen LogP contribution in [0.5, 0.6) is 0 Å². The van der Waals surface area contributed by atoms with Gasteiger partial charge in [-0.25, -0.2) is 4.68 Å². The van der Waals surface area contributed by atoms with Crippen molar-refractivity contribution in [1.29, 1.82) is 0 Å². The highest BCUT2D eigenvalue weighted by molar-refractivity contribution is 7.16. The summed E-state index contributed by atoms with van der Waals surface area (Å²) in [5, 5.41) is 9.22. The molecule has 1 aromatic carbocycles. The highest BCUT2D eigenvalue weighted by Crippen LogP contribution is 2.36. The Morgan fingerprint density at radius 3 is 2.66 bits per heavy atom. The van der Waals surface area contributed by atoms with Crippen LogP contribution in [-0.4, -0.2) is 15.7 Å². The third-order valence-electron chi connectivity index (χ3n) is 6.61. The fourth-order valence-electron chi connectivity index (χ4n) is 4.62. The molecule has 2 heterocycles. The molecule has 7 heteroatoms. The average molecular weight is 531 g/mol. The minimum Gasteiger partial charge on any atom is -0.350 e. The highest BCUT2D eigenvalue weighted by Gasteiger charge is 2.23. The molecule has 1 amide bonds. The van der Waals surface area contributed by atoms with Crippen molar-refractivity contribution in [2.45, 2.75) is 71.8 Å². The van der Waals surface area contributed by atoms with Crippen LogP contribution in [0, 0.1) is 12.8 Å². The van der Waals surface area contributed by atoms with Gasteiger partial charge in [-0.1, -0.05) is 68.3 Å². The third-order valence-corrected chi connectivity index (χ3v) is 8.21. The van der Waals surface area contributed by atoms with Gasteiger partial charge in [0.15, 0.2) is 0 Å². The normalized spacial score (nSPS) is 15.0. The van der Waals surface area contributed by atoms with E-state index in [2.05, 4.69) is 43.4 Å². The zero-order chi connectivity index (χ0) is 24.8. The molecule has 1 aliphatic carbocycles. The van der Waals surface area contributed by atoms with Gasteiger partial charge < -0.3 is 5.32 Å². The standard InChI is InChI=1S/C28H33Cl2N3OS/c1-3-4-7-12-22-14-16-26(35-22)27-19(2)24(18-31-28(34)20-10-8-5-6-9-11-20)32-33(27)25-15-13-21(29)17-23(25)30/h7,12-17,20H,3-6,8-11,18H2,1-2H3,(H,31,34)/b12-7+. The van der Waals surface area contributed by atoms with Gasteiger partial charge in [0.05, 0.1) is 33.5 Å². The Morgan fingerprint density at radius 2 is 1.94 bits per heavy atom. The van der Waals surface area contributed by atoms with Gasteiger partial charge in [0, 0.05) is 21.4 Å². The molecule has 4 rings (SSSR count). The molecule has 186 valence electrons. The summed E-state index contributed by atoms with van der Waals surface area (Å²) in [5.41, 5.74) is 3.66. The van der Waals surface area contributed by atoms with E-state index in [-0.39, 0.29) is 11.8 Å². The minimum absolute atomic E-state index is 0.111. The van der Waals surface area contributed by atoms with E-state index in [0.29, 0.717) is 16.6 Å². The molecule has 0 bridgehead atoms. The number of aromatic nitrogens is 2. The number of benzene rings is 1. The number of halogens is 2. The largest absolute Gasteiger partial charge is 0.350 e. The fourth-order valence-corrected chi connectivity index (χ4v) is 6.13. The molecular formula is C28H33Cl2N3OS. The second-order valence-corrected chi connectivity index (χ2v) is 11.2. The summed E-state index contributed by atoms with van der Waals surface area (Å²) >= 11 is 14.5. The van der Waals surface area contributed by atoms with E-state index in [4.69, 9.17) is 28.3 Å². The Bertz CT molecular complexity index is 1190. The quantitative estimate of drug-likeness (QED) is 0.296. The minimum atomic E-state index is 0.111. The maximum atomic E-state index is 12.9. The number of carbonyl (C=O) groups excluding carboxylic acids is 1. The van der Waals surface area contributed by atoms with Crippen LogP contribution in [0.4, 0.5) is 0 Å². The van der Waals surface area contributed by atoms with Crippen molar-refractivity contribution in [1.82, 2.24) is 15.1 Å². The molecule has 1 aliphatic rings. The second kappa shape index (κ2) is 12.2. The number of thiophene rings is 1. The number of carbonyl (C=O) groups is 1. The summed E-state index contributed by atoms with van der Waals surface area (Å²) in [6.45, 7) is 4.65. The van der Waals surface area contributed by atoms with Crippen LogP contribution in [0.2, 0.25) is 10.0 Å². The number of hydrogen-bond acceptors (Lipinski definition) is 3. The van der Waals surface area contributed by atoms with E-state index in [1.165, 1.54) is 17.7 Å². The Labute approximate surface area is 222 Å². The van der Waals surface area contributed by atoms with Crippen molar-refractivity contribution in [3.8, 4) is 16.3 Å². The van der Waals surface area contributed by atoms with E-state index in [9.17, 15) is 4.79 Å². The fraction of sp³-hybridized carbons (Fsp3) is 0.429. The molecule has 0 unspecified atom stereocenters. The number of hydrogen-bond donors (Lipinski definition) is 1. The van der Waals surface area contributed by atoms with E-state index >= 15 is 0 Å². The van der Waals surface area contributed by atoms with Crippen molar-refractivity contribution in [2.24, 2.45) is 5.92 Å². The number of nitrogens with zero attached hydrogens (tertiary/aromatic N) is 2. The molecular weight excluding hydrogens is 497 g/mol. The van der Waals surface area contributed by atoms with Crippen molar-refractivity contribution in [3.05, 3.63) is 62.6 Å². The molecule has 0 radical (unpaired) electrons. The van der Waals surface area contributed by atoms with Gasteiger partial charge >= 0.3 is 0 Å². The Kier molecular flexibility index (Phi) is 9.10. The first kappa shape index (κ1) is 26.0. The van der Waals surface area contributed by atoms with Gasteiger partial charge in [-0.3, -0.25) is 4.79 Å². The summed E-state index contributed by atoms with van der Waals surface area (Å²) in [7, 11) is 0. The Balaban J connectivity index is 1.65. The van der Waals surface area contributed by atoms with Gasteiger partial charge in [-0.05, 0) is 62.6 Å². The maximum Gasteiger partial charge on any atom is 0.223 e. The van der Waals surface area contributed by atoms with Crippen molar-refractivity contribution in [2.75, 3.05) is 0 Å². The number of unbranched alkanes of at least 4 members (excludes halogenated alkanes) is 1. The van der Waals surface area contributed by atoms with E-state index < -0.39 is 0 Å². The van der Waals surface area contributed by atoms with E-state index in [0.717, 1.165) is 66.0 Å². The smallest absolute Gasteiger partial charge is 0.223 e. The first-order valence-electron chi connectivity index (χ1n) is 12.6. The summed E-state index contributed by atoms with van der Waals surface area (Å²) < 4.78 is 1.90. The molecule has 2 aromatic heterocycles. The predicted octanol–water partition coefficient (Wildman–Crippen LogP) is 8.62. The first-order valence-corrected chi connectivity index (χ1v) is 14.1.